The van der Waals surface area contributed by atoms with Crippen molar-refractivity contribution in [1.82, 2.24) is 5.43 Å². The molecule has 0 unspecified atom stereocenters. The number of amides is 1. The largest absolute Gasteiger partial charge is 0.271 e. The summed E-state index contributed by atoms with van der Waals surface area (Å²) in [6.45, 7) is 8.68. The summed E-state index contributed by atoms with van der Waals surface area (Å²) in [6.07, 6.45) is 3.43. The van der Waals surface area contributed by atoms with E-state index in [4.69, 9.17) is 0 Å². The molecule has 0 radical (unpaired) electrons. The van der Waals surface area contributed by atoms with E-state index in [-0.39, 0.29) is 5.91 Å². The van der Waals surface area contributed by atoms with E-state index in [1.807, 2.05) is 31.2 Å². The molecule has 1 fully saturated rings. The Balaban J connectivity index is 2.11. The molecule has 1 saturated carbocycles. The third-order valence-corrected chi connectivity index (χ3v) is 4.45. The van der Waals surface area contributed by atoms with Gasteiger partial charge in [0, 0.05) is 17.2 Å². The summed E-state index contributed by atoms with van der Waals surface area (Å²) in [5.41, 5.74) is 5.60. The zero-order chi connectivity index (χ0) is 15.4. The molecule has 1 N–H and O–H groups in total. The molecule has 0 bridgehead atoms. The number of benzene rings is 1. The van der Waals surface area contributed by atoms with Crippen LogP contribution in [-0.2, 0) is 0 Å². The Kier molecular flexibility index (Phi) is 5.16. The van der Waals surface area contributed by atoms with Crippen molar-refractivity contribution < 1.29 is 4.79 Å². The second-order valence-electron chi connectivity index (χ2n) is 6.60. The molecule has 2 rings (SSSR count). The van der Waals surface area contributed by atoms with Crippen LogP contribution < -0.4 is 5.43 Å². The normalized spacial score (nSPS) is 24.3. The first-order valence-corrected chi connectivity index (χ1v) is 7.91. The van der Waals surface area contributed by atoms with Crippen LogP contribution in [0, 0.1) is 24.7 Å². The molecule has 1 aliphatic carbocycles. The number of hydrogen-bond donors (Lipinski definition) is 1. The minimum absolute atomic E-state index is 0.110. The molecular weight excluding hydrogens is 260 g/mol. The van der Waals surface area contributed by atoms with Gasteiger partial charge in [-0.25, -0.2) is 5.43 Å². The van der Waals surface area contributed by atoms with Gasteiger partial charge in [0.15, 0.2) is 0 Å². The van der Waals surface area contributed by atoms with Gasteiger partial charge in [-0.2, -0.15) is 5.10 Å². The highest BCUT2D eigenvalue weighted by atomic mass is 16.2. The first kappa shape index (κ1) is 15.7. The maximum atomic E-state index is 12.2. The second-order valence-corrected chi connectivity index (χ2v) is 6.60. The van der Waals surface area contributed by atoms with Crippen LogP contribution >= 0.6 is 0 Å². The molecule has 0 aromatic heterocycles. The van der Waals surface area contributed by atoms with E-state index in [2.05, 4.69) is 31.3 Å². The lowest BCUT2D eigenvalue weighted by molar-refractivity contribution is 0.0953. The van der Waals surface area contributed by atoms with Gasteiger partial charge in [-0.3, -0.25) is 4.79 Å². The van der Waals surface area contributed by atoms with Crippen LogP contribution in [0.25, 0.3) is 0 Å². The molecule has 21 heavy (non-hydrogen) atoms. The van der Waals surface area contributed by atoms with Crippen LogP contribution in [0.2, 0.25) is 0 Å². The first-order valence-electron chi connectivity index (χ1n) is 7.91. The zero-order valence-corrected chi connectivity index (χ0v) is 13.5. The van der Waals surface area contributed by atoms with E-state index in [1.165, 1.54) is 12.8 Å². The number of nitrogens with zero attached hydrogens (tertiary/aromatic N) is 1. The van der Waals surface area contributed by atoms with Gasteiger partial charge in [-0.05, 0) is 49.7 Å². The molecular formula is C18H26N2O. The maximum absolute atomic E-state index is 12.2. The van der Waals surface area contributed by atoms with Gasteiger partial charge in [0.25, 0.3) is 5.91 Å². The topological polar surface area (TPSA) is 41.5 Å². The summed E-state index contributed by atoms with van der Waals surface area (Å²) in [5.74, 6) is 1.63. The minimum Gasteiger partial charge on any atom is -0.267 e. The molecule has 3 heteroatoms. The van der Waals surface area contributed by atoms with Crippen LogP contribution in [0.1, 0.15) is 56.0 Å². The smallest absolute Gasteiger partial charge is 0.267 e. The average Bonchev–Trinajstić information content (AvgIpc) is 2.45. The Labute approximate surface area is 127 Å². The van der Waals surface area contributed by atoms with Crippen LogP contribution in [0.15, 0.2) is 29.4 Å². The van der Waals surface area contributed by atoms with E-state index < -0.39 is 0 Å². The van der Waals surface area contributed by atoms with Crippen LogP contribution in [0.3, 0.4) is 0 Å². The molecule has 114 valence electrons. The number of hydrazone groups is 1. The Hall–Kier alpha value is -1.64. The zero-order valence-electron chi connectivity index (χ0n) is 13.5. The number of aryl methyl sites for hydroxylation is 1. The Bertz CT molecular complexity index is 534. The van der Waals surface area contributed by atoms with Gasteiger partial charge in [0.1, 0.15) is 0 Å². The number of hydrogen-bond acceptors (Lipinski definition) is 2. The summed E-state index contributed by atoms with van der Waals surface area (Å²) in [7, 11) is 0. The van der Waals surface area contributed by atoms with Crippen molar-refractivity contribution in [2.24, 2.45) is 22.9 Å². The van der Waals surface area contributed by atoms with Gasteiger partial charge >= 0.3 is 0 Å². The van der Waals surface area contributed by atoms with Gasteiger partial charge in [0.2, 0.25) is 0 Å². The predicted molar refractivity (Wildman–Crippen MR) is 87.4 cm³/mol. The number of nitrogens with one attached hydrogen (secondary N) is 1. The molecule has 0 aliphatic heterocycles. The third-order valence-electron chi connectivity index (χ3n) is 4.45. The highest BCUT2D eigenvalue weighted by Crippen LogP contribution is 2.31. The van der Waals surface area contributed by atoms with Crippen molar-refractivity contribution in [2.45, 2.75) is 47.0 Å². The van der Waals surface area contributed by atoms with E-state index in [9.17, 15) is 4.79 Å². The number of carbonyl (C=O) groups excluding carboxylic acids is 1. The van der Waals surface area contributed by atoms with Crippen LogP contribution in [-0.4, -0.2) is 11.6 Å². The Morgan fingerprint density at radius 2 is 2.00 bits per heavy atom. The fourth-order valence-corrected chi connectivity index (χ4v) is 3.10. The van der Waals surface area contributed by atoms with Crippen molar-refractivity contribution >= 4 is 11.6 Å². The van der Waals surface area contributed by atoms with Crippen LogP contribution in [0.5, 0.6) is 0 Å². The molecule has 0 spiro atoms. The average molecular weight is 286 g/mol. The second kappa shape index (κ2) is 6.88. The highest BCUT2D eigenvalue weighted by Gasteiger charge is 2.27. The quantitative estimate of drug-likeness (QED) is 0.832. The molecule has 0 saturated heterocycles. The molecule has 1 aliphatic rings. The van der Waals surface area contributed by atoms with Crippen molar-refractivity contribution in [3.63, 3.8) is 0 Å². The van der Waals surface area contributed by atoms with Gasteiger partial charge in [-0.15, -0.1) is 0 Å². The Morgan fingerprint density at radius 1 is 1.29 bits per heavy atom. The van der Waals surface area contributed by atoms with E-state index in [0.717, 1.165) is 17.7 Å². The molecule has 1 amide bonds. The fraction of sp³-hybridized carbons (Fsp3) is 0.556. The predicted octanol–water partition coefficient (Wildman–Crippen LogP) is 4.17. The standard InChI is InChI=1S/C18H26N2O/c1-12(2)15-10-9-13(3)11-17(15)19-20-18(21)16-8-6-5-7-14(16)4/h5-8,12-13,15H,9-11H2,1-4H3,(H,20,21)/b19-17-/t13-,15-/m0/s1. The lowest BCUT2D eigenvalue weighted by Gasteiger charge is -2.30. The van der Waals surface area contributed by atoms with Crippen molar-refractivity contribution in [3.05, 3.63) is 35.4 Å². The molecule has 2 atom stereocenters. The van der Waals surface area contributed by atoms with Crippen molar-refractivity contribution in [1.29, 1.82) is 0 Å². The summed E-state index contributed by atoms with van der Waals surface area (Å²) >= 11 is 0. The Morgan fingerprint density at radius 3 is 2.67 bits per heavy atom. The van der Waals surface area contributed by atoms with Gasteiger partial charge in [0.05, 0.1) is 0 Å². The fourth-order valence-electron chi connectivity index (χ4n) is 3.10. The highest BCUT2D eigenvalue weighted by molar-refractivity contribution is 5.97. The molecule has 1 aromatic carbocycles. The molecule has 3 nitrogen and oxygen atoms in total. The van der Waals surface area contributed by atoms with Crippen molar-refractivity contribution in [3.8, 4) is 0 Å². The van der Waals surface area contributed by atoms with E-state index >= 15 is 0 Å². The van der Waals surface area contributed by atoms with E-state index in [0.29, 0.717) is 23.3 Å². The van der Waals surface area contributed by atoms with Crippen molar-refractivity contribution in [2.75, 3.05) is 0 Å². The number of rotatable bonds is 3. The minimum atomic E-state index is -0.110. The van der Waals surface area contributed by atoms with Gasteiger partial charge < -0.3 is 0 Å². The number of carbonyl (C=O) groups is 1. The lowest BCUT2D eigenvalue weighted by atomic mass is 9.76. The summed E-state index contributed by atoms with van der Waals surface area (Å²) in [6, 6.07) is 7.61. The lowest BCUT2D eigenvalue weighted by Crippen LogP contribution is -2.31. The molecule has 1 aromatic rings. The summed E-state index contributed by atoms with van der Waals surface area (Å²) in [5, 5.41) is 4.47. The van der Waals surface area contributed by atoms with Crippen LogP contribution in [0.4, 0.5) is 0 Å². The third kappa shape index (κ3) is 3.93. The molecule has 0 heterocycles. The summed E-state index contributed by atoms with van der Waals surface area (Å²) < 4.78 is 0. The van der Waals surface area contributed by atoms with E-state index in [1.54, 1.807) is 0 Å². The summed E-state index contributed by atoms with van der Waals surface area (Å²) in [4.78, 5) is 12.2. The monoisotopic (exact) mass is 286 g/mol. The SMILES string of the molecule is Cc1ccccc1C(=O)N/N=C1/C[C@@H](C)CC[C@H]1C(C)C. The maximum Gasteiger partial charge on any atom is 0.271 e. The first-order chi connectivity index (χ1) is 9.99. The van der Waals surface area contributed by atoms with Gasteiger partial charge in [-0.1, -0.05) is 39.0 Å².